The van der Waals surface area contributed by atoms with Gasteiger partial charge in [-0.25, -0.2) is 0 Å². The van der Waals surface area contributed by atoms with E-state index in [-0.39, 0.29) is 17.6 Å². The molecule has 21 heavy (non-hydrogen) atoms. The van der Waals surface area contributed by atoms with Gasteiger partial charge in [0, 0.05) is 24.8 Å². The number of carbonyl (C=O) groups excluding carboxylic acids is 1. The van der Waals surface area contributed by atoms with Gasteiger partial charge in [0.1, 0.15) is 0 Å². The van der Waals surface area contributed by atoms with E-state index in [0.29, 0.717) is 5.78 Å². The first-order chi connectivity index (χ1) is 10.1. The molecule has 0 aromatic rings. The van der Waals surface area contributed by atoms with Crippen molar-refractivity contribution in [3.05, 3.63) is 0 Å². The van der Waals surface area contributed by atoms with Crippen LogP contribution in [0.25, 0.3) is 0 Å². The molecule has 3 unspecified atom stereocenters. The molecule has 5 heteroatoms. The number of nitrogens with zero attached hydrogens (tertiary/aromatic N) is 2. The fourth-order valence-corrected chi connectivity index (χ4v) is 5.36. The molecule has 120 valence electrons. The molecule has 1 spiro atoms. The number of ketones is 1. The van der Waals surface area contributed by atoms with E-state index in [1.807, 2.05) is 11.8 Å². The van der Waals surface area contributed by atoms with Gasteiger partial charge >= 0.3 is 0 Å². The van der Waals surface area contributed by atoms with Gasteiger partial charge in [-0.1, -0.05) is 0 Å². The fraction of sp³-hybridized carbons (Fsp3) is 0.938. The van der Waals surface area contributed by atoms with Crippen LogP contribution in [0, 0.1) is 5.92 Å². The van der Waals surface area contributed by atoms with Crippen molar-refractivity contribution in [3.63, 3.8) is 0 Å². The second kappa shape index (κ2) is 6.57. The molecule has 0 saturated carbocycles. The average molecular weight is 312 g/mol. The number of hydrogen-bond donors (Lipinski definition) is 0. The van der Waals surface area contributed by atoms with Crippen LogP contribution in [-0.2, 0) is 9.53 Å². The van der Waals surface area contributed by atoms with Crippen molar-refractivity contribution in [2.75, 3.05) is 51.8 Å². The summed E-state index contributed by atoms with van der Waals surface area (Å²) in [5.41, 5.74) is 0.0123. The topological polar surface area (TPSA) is 32.8 Å². The Morgan fingerprint density at radius 3 is 2.95 bits per heavy atom. The standard InChI is InChI=1S/C16H28N2O2S/c1-17-6-3-7-18(2)14(11-17)15(19)13-4-8-20-16(10-13)5-9-21-12-16/h13-14H,3-12H2,1-2H3. The van der Waals surface area contributed by atoms with E-state index in [4.69, 9.17) is 4.74 Å². The van der Waals surface area contributed by atoms with Gasteiger partial charge < -0.3 is 9.64 Å². The Balaban J connectivity index is 1.68. The number of Topliss-reactive ketones (excluding diaryl/α,β-unsaturated/α-hetero) is 1. The van der Waals surface area contributed by atoms with E-state index in [0.717, 1.165) is 57.7 Å². The Morgan fingerprint density at radius 2 is 2.19 bits per heavy atom. The van der Waals surface area contributed by atoms with Crippen LogP contribution in [0.15, 0.2) is 0 Å². The van der Waals surface area contributed by atoms with E-state index in [9.17, 15) is 4.79 Å². The maximum Gasteiger partial charge on any atom is 0.154 e. The van der Waals surface area contributed by atoms with Crippen LogP contribution in [0.4, 0.5) is 0 Å². The molecule has 0 N–H and O–H groups in total. The highest BCUT2D eigenvalue weighted by atomic mass is 32.2. The van der Waals surface area contributed by atoms with Crippen LogP contribution in [0.3, 0.4) is 0 Å². The lowest BCUT2D eigenvalue weighted by Gasteiger charge is -2.39. The number of ether oxygens (including phenoxy) is 1. The highest BCUT2D eigenvalue weighted by Crippen LogP contribution is 2.41. The Kier molecular flexibility index (Phi) is 4.94. The van der Waals surface area contributed by atoms with Crippen LogP contribution in [0.1, 0.15) is 25.7 Å². The second-order valence-electron chi connectivity index (χ2n) is 7.04. The Morgan fingerprint density at radius 1 is 1.33 bits per heavy atom. The zero-order chi connectivity index (χ0) is 14.9. The zero-order valence-electron chi connectivity index (χ0n) is 13.3. The van der Waals surface area contributed by atoms with E-state index < -0.39 is 0 Å². The molecule has 0 bridgehead atoms. The number of rotatable bonds is 2. The molecule has 3 aliphatic rings. The van der Waals surface area contributed by atoms with E-state index in [1.54, 1.807) is 0 Å². The predicted octanol–water partition coefficient (Wildman–Crippen LogP) is 1.49. The van der Waals surface area contributed by atoms with Crippen LogP contribution in [-0.4, -0.2) is 79.1 Å². The van der Waals surface area contributed by atoms with Gasteiger partial charge in [0.05, 0.1) is 11.6 Å². The average Bonchev–Trinajstić information content (AvgIpc) is 2.84. The molecule has 3 aliphatic heterocycles. The molecule has 3 rings (SSSR count). The van der Waals surface area contributed by atoms with Gasteiger partial charge in [0.25, 0.3) is 0 Å². The number of hydrogen-bond acceptors (Lipinski definition) is 5. The summed E-state index contributed by atoms with van der Waals surface area (Å²) in [6.45, 7) is 3.78. The van der Waals surface area contributed by atoms with Crippen molar-refractivity contribution >= 4 is 17.5 Å². The van der Waals surface area contributed by atoms with Crippen LogP contribution >= 0.6 is 11.8 Å². The molecule has 4 nitrogen and oxygen atoms in total. The Labute approximate surface area is 132 Å². The molecule has 3 heterocycles. The maximum absolute atomic E-state index is 13.1. The van der Waals surface area contributed by atoms with Gasteiger partial charge in [-0.3, -0.25) is 9.69 Å². The highest BCUT2D eigenvalue weighted by Gasteiger charge is 2.44. The largest absolute Gasteiger partial charge is 0.374 e. The van der Waals surface area contributed by atoms with Gasteiger partial charge in [-0.05, 0) is 58.6 Å². The highest BCUT2D eigenvalue weighted by molar-refractivity contribution is 7.99. The minimum Gasteiger partial charge on any atom is -0.374 e. The van der Waals surface area contributed by atoms with Crippen molar-refractivity contribution in [2.24, 2.45) is 5.92 Å². The van der Waals surface area contributed by atoms with E-state index in [2.05, 4.69) is 23.9 Å². The van der Waals surface area contributed by atoms with E-state index >= 15 is 0 Å². The smallest absolute Gasteiger partial charge is 0.154 e. The minimum atomic E-state index is 0.0123. The normalized spacial score (nSPS) is 39.5. The summed E-state index contributed by atoms with van der Waals surface area (Å²) in [6, 6.07) is 0.0757. The molecule has 3 fully saturated rings. The van der Waals surface area contributed by atoms with Gasteiger partial charge in [0.15, 0.2) is 5.78 Å². The van der Waals surface area contributed by atoms with Crippen molar-refractivity contribution < 1.29 is 9.53 Å². The summed E-state index contributed by atoms with van der Waals surface area (Å²) >= 11 is 1.98. The molecule has 3 saturated heterocycles. The van der Waals surface area contributed by atoms with Crippen molar-refractivity contribution in [2.45, 2.75) is 37.3 Å². The lowest BCUT2D eigenvalue weighted by atomic mass is 9.81. The van der Waals surface area contributed by atoms with Gasteiger partial charge in [-0.2, -0.15) is 11.8 Å². The summed E-state index contributed by atoms with van der Waals surface area (Å²) in [5.74, 6) is 2.94. The molecule has 3 atom stereocenters. The van der Waals surface area contributed by atoms with Crippen LogP contribution in [0.2, 0.25) is 0 Å². The summed E-state index contributed by atoms with van der Waals surface area (Å²) < 4.78 is 6.07. The molecular weight excluding hydrogens is 284 g/mol. The van der Waals surface area contributed by atoms with Gasteiger partial charge in [0.2, 0.25) is 0 Å². The summed E-state index contributed by atoms with van der Waals surface area (Å²) in [7, 11) is 4.25. The molecule has 0 radical (unpaired) electrons. The predicted molar refractivity (Wildman–Crippen MR) is 86.9 cm³/mol. The lowest BCUT2D eigenvalue weighted by Crippen LogP contribution is -2.50. The zero-order valence-corrected chi connectivity index (χ0v) is 14.2. The summed E-state index contributed by atoms with van der Waals surface area (Å²) in [5, 5.41) is 0. The summed E-state index contributed by atoms with van der Waals surface area (Å²) in [6.07, 6.45) is 4.15. The quantitative estimate of drug-likeness (QED) is 0.771. The van der Waals surface area contributed by atoms with Crippen LogP contribution < -0.4 is 0 Å². The third kappa shape index (κ3) is 3.46. The number of thioether (sulfide) groups is 1. The lowest BCUT2D eigenvalue weighted by molar-refractivity contribution is -0.138. The first-order valence-corrected chi connectivity index (χ1v) is 9.39. The third-order valence-electron chi connectivity index (χ3n) is 5.36. The van der Waals surface area contributed by atoms with E-state index in [1.165, 1.54) is 5.75 Å². The molecule has 0 amide bonds. The third-order valence-corrected chi connectivity index (χ3v) is 6.58. The summed E-state index contributed by atoms with van der Waals surface area (Å²) in [4.78, 5) is 17.7. The van der Waals surface area contributed by atoms with Crippen molar-refractivity contribution in [1.82, 2.24) is 9.80 Å². The van der Waals surface area contributed by atoms with Crippen molar-refractivity contribution in [1.29, 1.82) is 0 Å². The Hall–Kier alpha value is -0.100. The first kappa shape index (κ1) is 15.8. The Bertz CT molecular complexity index is 384. The van der Waals surface area contributed by atoms with Gasteiger partial charge in [-0.15, -0.1) is 0 Å². The molecule has 0 aromatic heterocycles. The fourth-order valence-electron chi connectivity index (χ4n) is 3.98. The van der Waals surface area contributed by atoms with Crippen molar-refractivity contribution in [3.8, 4) is 0 Å². The maximum atomic E-state index is 13.1. The number of carbonyl (C=O) groups is 1. The first-order valence-electron chi connectivity index (χ1n) is 8.24. The number of likely N-dealkylation sites (N-methyl/N-ethyl adjacent to an activating group) is 2. The monoisotopic (exact) mass is 312 g/mol. The molecule has 0 aromatic carbocycles. The molecule has 0 aliphatic carbocycles. The molecular formula is C16H28N2O2S. The minimum absolute atomic E-state index is 0.0123. The second-order valence-corrected chi connectivity index (χ2v) is 8.14. The SMILES string of the molecule is CN1CCCN(C)C(C(=O)C2CCOC3(CCSC3)C2)C1. The van der Waals surface area contributed by atoms with Crippen LogP contribution in [0.5, 0.6) is 0 Å².